The van der Waals surface area contributed by atoms with Crippen LogP contribution in [0.15, 0.2) is 134 Å². The van der Waals surface area contributed by atoms with Gasteiger partial charge in [-0.3, -0.25) is 23.4 Å². The number of carboxylic acids is 1. The molecule has 0 heterocycles. The van der Waals surface area contributed by atoms with Crippen molar-refractivity contribution in [3.05, 3.63) is 134 Å². The molecule has 2 unspecified atom stereocenters. The van der Waals surface area contributed by atoms with E-state index >= 15 is 0 Å². The Morgan fingerprint density at radius 3 is 1.62 bits per heavy atom. The van der Waals surface area contributed by atoms with Crippen LogP contribution >= 0.6 is 7.82 Å². The molecule has 5 N–H and O–H groups in total. The number of phosphoric acid groups is 1. The molecule has 4 atom stereocenters. The van der Waals surface area contributed by atoms with Crippen LogP contribution in [0.25, 0.3) is 0 Å². The molecule has 63 heavy (non-hydrogen) atoms. The molecule has 352 valence electrons. The Labute approximate surface area is 377 Å². The number of carboxylic acid groups (broad SMARTS) is 1. The molecule has 0 aliphatic rings. The topological polar surface area (TPSA) is 192 Å². The van der Waals surface area contributed by atoms with Crippen LogP contribution in [0.2, 0.25) is 0 Å². The van der Waals surface area contributed by atoms with Crippen molar-refractivity contribution in [2.24, 2.45) is 5.73 Å². The number of unbranched alkanes of at least 4 members (excludes halogenated alkanes) is 3. The standard InChI is InChI=1S/C50H76NO11P/c1-3-5-7-9-11-12-13-14-15-16-17-18-19-20-21-26-29-33-37-41-49(54)62-46(43-60-63(57,58)61-44-47(51)50(55)56)42-59-48(53)40-36-32-28-25-23-22-24-27-31-35-39-45(52)38-34-30-10-8-6-4-2/h5-8,11-12,14-15,17-18,20-23,27-28,30-32,34-35,39,45-47,52H,3-4,9-10,13,16,19,24-26,29,33,36-38,40-44,51H2,1-2H3,(H,55,56)(H,57,58)/b7-5-,8-6-,12-11-,15-14-,18-17-,21-20-,23-22-,31-27-,32-28-,34-30-,39-35+/t45?,46-,47+/m1/s1. The summed E-state index contributed by atoms with van der Waals surface area (Å²) < 4.78 is 32.6. The second-order valence-corrected chi connectivity index (χ2v) is 15.7. The van der Waals surface area contributed by atoms with Gasteiger partial charge < -0.3 is 30.3 Å². The zero-order valence-electron chi connectivity index (χ0n) is 37.7. The van der Waals surface area contributed by atoms with Gasteiger partial charge in [0.05, 0.1) is 19.3 Å². The highest BCUT2D eigenvalue weighted by molar-refractivity contribution is 7.47. The van der Waals surface area contributed by atoms with E-state index in [1.54, 1.807) is 6.08 Å². The lowest BCUT2D eigenvalue weighted by Crippen LogP contribution is -2.34. The van der Waals surface area contributed by atoms with Gasteiger partial charge in [-0.1, -0.05) is 154 Å². The van der Waals surface area contributed by atoms with Gasteiger partial charge in [0.1, 0.15) is 12.6 Å². The third-order valence-corrected chi connectivity index (χ3v) is 9.44. The minimum Gasteiger partial charge on any atom is -0.480 e. The summed E-state index contributed by atoms with van der Waals surface area (Å²) in [5.74, 6) is -2.59. The van der Waals surface area contributed by atoms with E-state index < -0.39 is 63.8 Å². The van der Waals surface area contributed by atoms with E-state index in [2.05, 4.69) is 91.3 Å². The molecule has 0 aromatic rings. The number of aliphatic hydroxyl groups is 1. The summed E-state index contributed by atoms with van der Waals surface area (Å²) in [6.07, 6.45) is 55.6. The number of hydrogen-bond acceptors (Lipinski definition) is 10. The first kappa shape index (κ1) is 58.6. The van der Waals surface area contributed by atoms with E-state index in [-0.39, 0.29) is 12.8 Å². The number of rotatable bonds is 39. The summed E-state index contributed by atoms with van der Waals surface area (Å²) in [5, 5.41) is 18.9. The first-order chi connectivity index (χ1) is 30.5. The third-order valence-electron chi connectivity index (χ3n) is 8.49. The Morgan fingerprint density at radius 2 is 1.06 bits per heavy atom. The van der Waals surface area contributed by atoms with Crippen molar-refractivity contribution in [1.82, 2.24) is 0 Å². The van der Waals surface area contributed by atoms with Crippen molar-refractivity contribution in [2.45, 2.75) is 141 Å². The van der Waals surface area contributed by atoms with Crippen molar-refractivity contribution < 1.29 is 52.6 Å². The number of aliphatic carboxylic acids is 1. The third kappa shape index (κ3) is 42.6. The van der Waals surface area contributed by atoms with Gasteiger partial charge in [0, 0.05) is 12.8 Å². The van der Waals surface area contributed by atoms with Crippen molar-refractivity contribution >= 4 is 25.7 Å². The maximum Gasteiger partial charge on any atom is 0.472 e. The summed E-state index contributed by atoms with van der Waals surface area (Å²) in [5.41, 5.74) is 5.33. The summed E-state index contributed by atoms with van der Waals surface area (Å²) in [7, 11) is -4.77. The first-order valence-electron chi connectivity index (χ1n) is 22.3. The molecule has 0 fully saturated rings. The maximum atomic E-state index is 12.6. The van der Waals surface area contributed by atoms with Crippen LogP contribution in [0, 0.1) is 0 Å². The average molecular weight is 898 g/mol. The summed E-state index contributed by atoms with van der Waals surface area (Å²) in [6, 6.07) is -1.55. The zero-order chi connectivity index (χ0) is 46.5. The van der Waals surface area contributed by atoms with Crippen molar-refractivity contribution in [3.63, 3.8) is 0 Å². The largest absolute Gasteiger partial charge is 0.480 e. The molecule has 0 amide bonds. The van der Waals surface area contributed by atoms with Gasteiger partial charge in [0.25, 0.3) is 0 Å². The highest BCUT2D eigenvalue weighted by atomic mass is 31.2. The van der Waals surface area contributed by atoms with E-state index in [1.165, 1.54) is 0 Å². The Hall–Kier alpha value is -4.42. The SMILES string of the molecule is CC/C=C\C/C=C\C/C=C\C/C=C\C/C=C\CCCCCC(=O)O[C@H](COC(=O)CC/C=C\C/C=C\C/C=C\C=C\C(O)C/C=C\C/C=C\CC)COP(=O)(O)OC[C@H](N)C(=O)O. The van der Waals surface area contributed by atoms with E-state index in [1.807, 2.05) is 54.7 Å². The highest BCUT2D eigenvalue weighted by Crippen LogP contribution is 2.43. The fourth-order valence-corrected chi connectivity index (χ4v) is 5.80. The van der Waals surface area contributed by atoms with Gasteiger partial charge >= 0.3 is 25.7 Å². The van der Waals surface area contributed by atoms with Crippen molar-refractivity contribution in [1.29, 1.82) is 0 Å². The monoisotopic (exact) mass is 898 g/mol. The molecule has 12 nitrogen and oxygen atoms in total. The fourth-order valence-electron chi connectivity index (χ4n) is 5.02. The number of phosphoric ester groups is 1. The number of hydrogen-bond donors (Lipinski definition) is 4. The predicted octanol–water partition coefficient (Wildman–Crippen LogP) is 11.1. The van der Waals surface area contributed by atoms with Gasteiger partial charge in [0.15, 0.2) is 6.10 Å². The number of allylic oxidation sites excluding steroid dienone is 20. The minimum absolute atomic E-state index is 0.0565. The van der Waals surface area contributed by atoms with Crippen LogP contribution in [-0.2, 0) is 37.5 Å². The number of esters is 2. The predicted molar refractivity (Wildman–Crippen MR) is 255 cm³/mol. The molecule has 0 bridgehead atoms. The molecule has 0 spiro atoms. The second-order valence-electron chi connectivity index (χ2n) is 14.3. The van der Waals surface area contributed by atoms with E-state index in [0.29, 0.717) is 25.7 Å². The molecule has 0 rings (SSSR count). The molecular weight excluding hydrogens is 822 g/mol. The molecule has 0 saturated heterocycles. The van der Waals surface area contributed by atoms with Crippen molar-refractivity contribution in [3.8, 4) is 0 Å². The molecule has 0 saturated carbocycles. The normalized spacial score (nSPS) is 15.4. The number of nitrogens with two attached hydrogens (primary N) is 1. The quantitative estimate of drug-likeness (QED) is 0.0150. The zero-order valence-corrected chi connectivity index (χ0v) is 38.6. The maximum absolute atomic E-state index is 12.6. The minimum atomic E-state index is -4.77. The van der Waals surface area contributed by atoms with Crippen LogP contribution < -0.4 is 5.73 Å². The molecule has 13 heteroatoms. The molecule has 0 radical (unpaired) electrons. The lowest BCUT2D eigenvalue weighted by atomic mass is 10.1. The van der Waals surface area contributed by atoms with Crippen LogP contribution in [0.4, 0.5) is 0 Å². The average Bonchev–Trinajstić information content (AvgIpc) is 3.26. The number of aliphatic hydroxyl groups excluding tert-OH is 1. The van der Waals surface area contributed by atoms with E-state index in [9.17, 15) is 28.9 Å². The van der Waals surface area contributed by atoms with Crippen LogP contribution in [-0.4, -0.2) is 71.1 Å². The van der Waals surface area contributed by atoms with Gasteiger partial charge in [-0.15, -0.1) is 0 Å². The number of carbonyl (C=O) groups is 3. The highest BCUT2D eigenvalue weighted by Gasteiger charge is 2.28. The molecule has 0 aromatic carbocycles. The molecular formula is C50H76NO11P. The number of ether oxygens (including phenoxy) is 2. The smallest absolute Gasteiger partial charge is 0.472 e. The van der Waals surface area contributed by atoms with Crippen LogP contribution in [0.3, 0.4) is 0 Å². The Bertz CT molecular complexity index is 1590. The van der Waals surface area contributed by atoms with E-state index in [0.717, 1.165) is 70.6 Å². The lowest BCUT2D eigenvalue weighted by Gasteiger charge is -2.20. The first-order valence-corrected chi connectivity index (χ1v) is 23.8. The molecule has 0 aromatic heterocycles. The van der Waals surface area contributed by atoms with Crippen LogP contribution in [0.1, 0.15) is 123 Å². The summed E-state index contributed by atoms with van der Waals surface area (Å²) >= 11 is 0. The van der Waals surface area contributed by atoms with Crippen LogP contribution in [0.5, 0.6) is 0 Å². The van der Waals surface area contributed by atoms with Gasteiger partial charge in [0.2, 0.25) is 0 Å². The molecule has 0 aliphatic carbocycles. The molecule has 0 aliphatic heterocycles. The van der Waals surface area contributed by atoms with Crippen molar-refractivity contribution in [2.75, 3.05) is 19.8 Å². The summed E-state index contributed by atoms with van der Waals surface area (Å²) in [6.45, 7) is 2.36. The van der Waals surface area contributed by atoms with Gasteiger partial charge in [-0.2, -0.15) is 0 Å². The Balaban J connectivity index is 4.62. The second kappa shape index (κ2) is 42.9. The fraction of sp³-hybridized carbons (Fsp3) is 0.500. The summed E-state index contributed by atoms with van der Waals surface area (Å²) in [4.78, 5) is 46.0. The Kier molecular flexibility index (Phi) is 39.9. The van der Waals surface area contributed by atoms with Gasteiger partial charge in [-0.05, 0) is 89.9 Å². The van der Waals surface area contributed by atoms with Gasteiger partial charge in [-0.25, -0.2) is 4.57 Å². The lowest BCUT2D eigenvalue weighted by molar-refractivity contribution is -0.161. The number of carbonyl (C=O) groups excluding carboxylic acids is 2. The Morgan fingerprint density at radius 1 is 0.571 bits per heavy atom. The van der Waals surface area contributed by atoms with E-state index in [4.69, 9.17) is 24.8 Å².